The topological polar surface area (TPSA) is 79.4 Å². The largest absolute Gasteiger partial charge is 0.416 e. The van der Waals surface area contributed by atoms with Crippen LogP contribution in [0.3, 0.4) is 0 Å². The van der Waals surface area contributed by atoms with E-state index in [1.165, 1.54) is 23.3 Å². The second kappa shape index (κ2) is 8.14. The van der Waals surface area contributed by atoms with E-state index in [9.17, 15) is 13.2 Å². The molecule has 2 aromatic heterocycles. The number of hydrogen-bond acceptors (Lipinski definition) is 5. The van der Waals surface area contributed by atoms with Crippen LogP contribution >= 0.6 is 23.8 Å². The smallest absolute Gasteiger partial charge is 0.366 e. The molecule has 0 radical (unpaired) electrons. The number of nitrogens with one attached hydrogen (secondary N) is 1. The molecule has 0 spiro atoms. The van der Waals surface area contributed by atoms with Crippen LogP contribution in [0.1, 0.15) is 35.5 Å². The van der Waals surface area contributed by atoms with Crippen molar-refractivity contribution in [3.05, 3.63) is 70.4 Å². The second-order valence-electron chi connectivity index (χ2n) is 5.97. The Bertz CT molecular complexity index is 1090. The molecule has 3 rings (SSSR count). The predicted octanol–water partition coefficient (Wildman–Crippen LogP) is 4.23. The van der Waals surface area contributed by atoms with Crippen LogP contribution in [0, 0.1) is 11.3 Å². The standard InChI is InChI=1S/C18H12ClF3N6S/c1-10(16-25-9-26-28(16)15-3-2-11(7-23)8-24-15)27-17(29)12-4-13(18(20,21)22)6-14(19)5-12/h2-6,8-10H,1H3,(H,27,29)/t10-/m1/s1. The van der Waals surface area contributed by atoms with E-state index in [4.69, 9.17) is 29.1 Å². The van der Waals surface area contributed by atoms with Gasteiger partial charge < -0.3 is 5.32 Å². The van der Waals surface area contributed by atoms with Crippen LogP contribution in [0.4, 0.5) is 13.2 Å². The molecule has 0 amide bonds. The van der Waals surface area contributed by atoms with Crippen molar-refractivity contribution in [2.45, 2.75) is 19.1 Å². The van der Waals surface area contributed by atoms with Gasteiger partial charge in [-0.3, -0.25) is 0 Å². The fraction of sp³-hybridized carbons (Fsp3) is 0.167. The van der Waals surface area contributed by atoms with Crippen LogP contribution in [-0.4, -0.2) is 24.7 Å². The van der Waals surface area contributed by atoms with Gasteiger partial charge in [0.25, 0.3) is 0 Å². The van der Waals surface area contributed by atoms with Crippen molar-refractivity contribution >= 4 is 28.8 Å². The van der Waals surface area contributed by atoms with Gasteiger partial charge in [-0.15, -0.1) is 0 Å². The maximum absolute atomic E-state index is 13.0. The lowest BCUT2D eigenvalue weighted by molar-refractivity contribution is -0.137. The average molecular weight is 437 g/mol. The predicted molar refractivity (Wildman–Crippen MR) is 104 cm³/mol. The van der Waals surface area contributed by atoms with E-state index in [1.54, 1.807) is 19.1 Å². The summed E-state index contributed by atoms with van der Waals surface area (Å²) in [6.45, 7) is 1.73. The van der Waals surface area contributed by atoms with E-state index in [-0.39, 0.29) is 15.6 Å². The molecule has 11 heteroatoms. The fourth-order valence-corrected chi connectivity index (χ4v) is 3.06. The highest BCUT2D eigenvalue weighted by Crippen LogP contribution is 2.32. The van der Waals surface area contributed by atoms with Crippen LogP contribution in [0.15, 0.2) is 42.9 Å². The first-order valence-electron chi connectivity index (χ1n) is 8.14. The van der Waals surface area contributed by atoms with Gasteiger partial charge in [-0.25, -0.2) is 9.97 Å². The summed E-state index contributed by atoms with van der Waals surface area (Å²) >= 11 is 11.1. The third-order valence-electron chi connectivity index (χ3n) is 3.89. The summed E-state index contributed by atoms with van der Waals surface area (Å²) in [5.74, 6) is 0.862. The van der Waals surface area contributed by atoms with E-state index in [0.29, 0.717) is 17.2 Å². The zero-order valence-electron chi connectivity index (χ0n) is 14.8. The molecule has 2 heterocycles. The molecule has 1 atom stereocenters. The minimum absolute atomic E-state index is 0.0726. The number of aromatic nitrogens is 4. The Hall–Kier alpha value is -3.03. The summed E-state index contributed by atoms with van der Waals surface area (Å²) in [5, 5.41) is 15.8. The molecule has 148 valence electrons. The van der Waals surface area contributed by atoms with Gasteiger partial charge in [-0.1, -0.05) is 23.8 Å². The van der Waals surface area contributed by atoms with Crippen LogP contribution in [0.2, 0.25) is 5.02 Å². The van der Waals surface area contributed by atoms with Crippen molar-refractivity contribution in [1.82, 2.24) is 25.1 Å². The molecule has 0 aliphatic heterocycles. The molecule has 0 aliphatic carbocycles. The van der Waals surface area contributed by atoms with Crippen LogP contribution in [0.25, 0.3) is 5.82 Å². The van der Waals surface area contributed by atoms with Crippen LogP contribution < -0.4 is 5.32 Å². The molecular weight excluding hydrogens is 425 g/mol. The van der Waals surface area contributed by atoms with Gasteiger partial charge in [0, 0.05) is 16.8 Å². The lowest BCUT2D eigenvalue weighted by atomic mass is 10.1. The summed E-state index contributed by atoms with van der Waals surface area (Å²) in [6, 6.07) is 7.78. The Morgan fingerprint density at radius 3 is 2.66 bits per heavy atom. The molecule has 29 heavy (non-hydrogen) atoms. The molecule has 0 aliphatic rings. The van der Waals surface area contributed by atoms with Gasteiger partial charge in [0.1, 0.15) is 17.4 Å². The summed E-state index contributed by atoms with van der Waals surface area (Å²) in [6.07, 6.45) is -1.83. The molecule has 0 bridgehead atoms. The average Bonchev–Trinajstić information content (AvgIpc) is 3.17. The highest BCUT2D eigenvalue weighted by atomic mass is 35.5. The lowest BCUT2D eigenvalue weighted by Crippen LogP contribution is -2.28. The van der Waals surface area contributed by atoms with Gasteiger partial charge >= 0.3 is 6.18 Å². The zero-order chi connectivity index (χ0) is 21.2. The quantitative estimate of drug-likeness (QED) is 0.616. The van der Waals surface area contributed by atoms with Gasteiger partial charge in [0.05, 0.1) is 17.2 Å². The third-order valence-corrected chi connectivity index (χ3v) is 4.46. The number of nitriles is 1. The first-order valence-corrected chi connectivity index (χ1v) is 8.93. The number of rotatable bonds is 4. The van der Waals surface area contributed by atoms with Crippen molar-refractivity contribution in [2.24, 2.45) is 0 Å². The van der Waals surface area contributed by atoms with Crippen molar-refractivity contribution in [3.8, 4) is 11.9 Å². The molecular formula is C18H12ClF3N6S. The molecule has 0 unspecified atom stereocenters. The van der Waals surface area contributed by atoms with Gasteiger partial charge in [0.15, 0.2) is 11.6 Å². The zero-order valence-corrected chi connectivity index (χ0v) is 16.3. The number of alkyl halides is 3. The van der Waals surface area contributed by atoms with Crippen molar-refractivity contribution in [3.63, 3.8) is 0 Å². The number of thiocarbonyl (C=S) groups is 1. The number of hydrogen-bond donors (Lipinski definition) is 1. The molecule has 1 aromatic carbocycles. The Kier molecular flexibility index (Phi) is 5.81. The number of benzene rings is 1. The Morgan fingerprint density at radius 1 is 1.28 bits per heavy atom. The summed E-state index contributed by atoms with van der Waals surface area (Å²) in [5.41, 5.74) is -0.361. The van der Waals surface area contributed by atoms with Crippen LogP contribution in [-0.2, 0) is 6.18 Å². The maximum Gasteiger partial charge on any atom is 0.416 e. The summed E-state index contributed by atoms with van der Waals surface area (Å²) < 4.78 is 40.5. The fourth-order valence-electron chi connectivity index (χ4n) is 2.53. The van der Waals surface area contributed by atoms with E-state index in [0.717, 1.165) is 12.1 Å². The van der Waals surface area contributed by atoms with Gasteiger partial charge in [-0.2, -0.15) is 28.2 Å². The van der Waals surface area contributed by atoms with Crippen molar-refractivity contribution < 1.29 is 13.2 Å². The maximum atomic E-state index is 13.0. The Morgan fingerprint density at radius 2 is 2.03 bits per heavy atom. The van der Waals surface area contributed by atoms with Crippen molar-refractivity contribution in [2.75, 3.05) is 0 Å². The number of halogens is 4. The van der Waals surface area contributed by atoms with Crippen LogP contribution in [0.5, 0.6) is 0 Å². The molecule has 0 saturated carbocycles. The van der Waals surface area contributed by atoms with E-state index >= 15 is 0 Å². The minimum Gasteiger partial charge on any atom is -0.366 e. The van der Waals surface area contributed by atoms with Crippen molar-refractivity contribution in [1.29, 1.82) is 5.26 Å². The molecule has 0 saturated heterocycles. The second-order valence-corrected chi connectivity index (χ2v) is 6.81. The minimum atomic E-state index is -4.54. The summed E-state index contributed by atoms with van der Waals surface area (Å²) in [4.78, 5) is 8.41. The Labute approximate surface area is 174 Å². The normalized spacial score (nSPS) is 12.3. The Balaban J connectivity index is 1.84. The molecule has 3 aromatic rings. The highest BCUT2D eigenvalue weighted by Gasteiger charge is 2.31. The van der Waals surface area contributed by atoms with Gasteiger partial charge in [0.2, 0.25) is 0 Å². The first-order chi connectivity index (χ1) is 13.7. The van der Waals surface area contributed by atoms with E-state index < -0.39 is 17.8 Å². The van der Waals surface area contributed by atoms with Gasteiger partial charge in [-0.05, 0) is 37.3 Å². The SMILES string of the molecule is C[C@@H](NC(=S)c1cc(Cl)cc(C(F)(F)F)c1)c1ncnn1-c1ccc(C#N)cn1. The third kappa shape index (κ3) is 4.70. The number of pyridine rings is 1. The first kappa shape index (κ1) is 20.7. The molecule has 1 N–H and O–H groups in total. The highest BCUT2D eigenvalue weighted by molar-refractivity contribution is 7.80. The number of nitrogens with zero attached hydrogens (tertiary/aromatic N) is 5. The monoisotopic (exact) mass is 436 g/mol. The van der Waals surface area contributed by atoms with E-state index in [1.807, 2.05) is 6.07 Å². The molecule has 6 nitrogen and oxygen atoms in total. The summed E-state index contributed by atoms with van der Waals surface area (Å²) in [7, 11) is 0. The van der Waals surface area contributed by atoms with E-state index in [2.05, 4.69) is 20.4 Å². The molecule has 0 fully saturated rings. The lowest BCUT2D eigenvalue weighted by Gasteiger charge is -2.17.